The fourth-order valence-corrected chi connectivity index (χ4v) is 3.38. The molecule has 0 heterocycles. The summed E-state index contributed by atoms with van der Waals surface area (Å²) in [5.74, 6) is -0.273. The van der Waals surface area contributed by atoms with Crippen molar-refractivity contribution < 1.29 is 9.18 Å². The predicted octanol–water partition coefficient (Wildman–Crippen LogP) is 5.46. The number of aldehydes is 1. The van der Waals surface area contributed by atoms with Gasteiger partial charge in [-0.3, -0.25) is 0 Å². The monoisotopic (exact) mass is 324 g/mol. The van der Waals surface area contributed by atoms with E-state index in [9.17, 15) is 9.18 Å². The molecule has 1 aliphatic carbocycles. The fourth-order valence-electron chi connectivity index (χ4n) is 2.97. The highest BCUT2D eigenvalue weighted by Gasteiger charge is 2.23. The minimum Gasteiger partial charge on any atom is -0.303 e. The Morgan fingerprint density at radius 1 is 1.09 bits per heavy atom. The summed E-state index contributed by atoms with van der Waals surface area (Å²) < 4.78 is 13.6. The lowest BCUT2D eigenvalue weighted by Gasteiger charge is -2.05. The fraction of sp³-hybridized carbons (Fsp3) is 0.150. The molecule has 23 heavy (non-hydrogen) atoms. The molecule has 1 aliphatic rings. The van der Waals surface area contributed by atoms with Crippen molar-refractivity contribution in [2.24, 2.45) is 0 Å². The lowest BCUT2D eigenvalue weighted by Crippen LogP contribution is -1.87. The van der Waals surface area contributed by atoms with Gasteiger partial charge in [-0.15, -0.1) is 11.8 Å². The van der Waals surface area contributed by atoms with Crippen LogP contribution >= 0.6 is 11.8 Å². The molecule has 0 amide bonds. The van der Waals surface area contributed by atoms with Crippen molar-refractivity contribution >= 4 is 35.3 Å². The maximum Gasteiger partial charge on any atom is 0.124 e. The predicted molar refractivity (Wildman–Crippen MR) is 95.8 cm³/mol. The zero-order valence-electron chi connectivity index (χ0n) is 13.1. The Morgan fingerprint density at radius 2 is 1.83 bits per heavy atom. The van der Waals surface area contributed by atoms with Crippen LogP contribution in [-0.2, 0) is 4.79 Å². The number of allylic oxidation sites excluding steroid dienone is 3. The first-order chi connectivity index (χ1) is 11.1. The standard InChI is InChI=1S/C20H17FOS/c1-13-17(9-10-22)20-12-15(21)5-8-18(20)19(13)11-14-3-6-16(23-2)7-4-14/h3-8,10-12H,9H2,1-2H3/b19-11-. The second-order valence-electron chi connectivity index (χ2n) is 5.50. The molecule has 0 N–H and O–H groups in total. The molecule has 1 nitrogen and oxygen atoms in total. The highest BCUT2D eigenvalue weighted by atomic mass is 32.2. The molecule has 0 atom stereocenters. The van der Waals surface area contributed by atoms with Crippen LogP contribution in [0.5, 0.6) is 0 Å². The molecule has 2 aromatic carbocycles. The molecule has 2 aromatic rings. The lowest BCUT2D eigenvalue weighted by atomic mass is 10.0. The molecule has 0 unspecified atom stereocenters. The maximum atomic E-state index is 13.6. The van der Waals surface area contributed by atoms with E-state index in [0.717, 1.165) is 39.7 Å². The van der Waals surface area contributed by atoms with E-state index in [-0.39, 0.29) is 5.82 Å². The third kappa shape index (κ3) is 3.02. The summed E-state index contributed by atoms with van der Waals surface area (Å²) in [6, 6.07) is 13.1. The summed E-state index contributed by atoms with van der Waals surface area (Å²) >= 11 is 1.71. The van der Waals surface area contributed by atoms with Crippen molar-refractivity contribution in [1.29, 1.82) is 0 Å². The van der Waals surface area contributed by atoms with Gasteiger partial charge in [0.15, 0.2) is 0 Å². The summed E-state index contributed by atoms with van der Waals surface area (Å²) in [5.41, 5.74) is 5.96. The minimum atomic E-state index is -0.273. The van der Waals surface area contributed by atoms with E-state index in [1.807, 2.05) is 13.2 Å². The molecule has 0 radical (unpaired) electrons. The Hall–Kier alpha value is -2.13. The number of thioether (sulfide) groups is 1. The number of benzene rings is 2. The average molecular weight is 324 g/mol. The van der Waals surface area contributed by atoms with Gasteiger partial charge in [0.05, 0.1) is 0 Å². The molecule has 0 saturated heterocycles. The average Bonchev–Trinajstić information content (AvgIpc) is 2.81. The Morgan fingerprint density at radius 3 is 2.48 bits per heavy atom. The highest BCUT2D eigenvalue weighted by Crippen LogP contribution is 2.43. The molecule has 0 saturated carbocycles. The van der Waals surface area contributed by atoms with Crippen LogP contribution in [0.25, 0.3) is 17.2 Å². The topological polar surface area (TPSA) is 17.1 Å². The van der Waals surface area contributed by atoms with Gasteiger partial charge in [0.25, 0.3) is 0 Å². The number of fused-ring (bicyclic) bond motifs is 1. The van der Waals surface area contributed by atoms with Gasteiger partial charge in [0, 0.05) is 11.3 Å². The number of hydrogen-bond acceptors (Lipinski definition) is 2. The second kappa shape index (κ2) is 6.55. The maximum absolute atomic E-state index is 13.6. The van der Waals surface area contributed by atoms with Gasteiger partial charge in [-0.1, -0.05) is 18.2 Å². The van der Waals surface area contributed by atoms with Crippen LogP contribution in [0, 0.1) is 5.82 Å². The largest absolute Gasteiger partial charge is 0.303 e. The van der Waals surface area contributed by atoms with E-state index < -0.39 is 0 Å². The molecule has 0 aliphatic heterocycles. The van der Waals surface area contributed by atoms with Gasteiger partial charge in [-0.25, -0.2) is 4.39 Å². The van der Waals surface area contributed by atoms with E-state index in [4.69, 9.17) is 0 Å². The normalized spacial score (nSPS) is 15.2. The van der Waals surface area contributed by atoms with Crippen LogP contribution in [0.3, 0.4) is 0 Å². The lowest BCUT2D eigenvalue weighted by molar-refractivity contribution is -0.107. The van der Waals surface area contributed by atoms with Crippen LogP contribution in [-0.4, -0.2) is 12.5 Å². The van der Waals surface area contributed by atoms with Crippen LogP contribution in [0.4, 0.5) is 4.39 Å². The van der Waals surface area contributed by atoms with Gasteiger partial charge in [-0.05, 0) is 76.9 Å². The molecule has 0 aromatic heterocycles. The Balaban J connectivity index is 2.11. The number of carbonyl (C=O) groups excluding carboxylic acids is 1. The van der Waals surface area contributed by atoms with Crippen LogP contribution in [0.2, 0.25) is 0 Å². The van der Waals surface area contributed by atoms with Gasteiger partial charge in [0.1, 0.15) is 12.1 Å². The summed E-state index contributed by atoms with van der Waals surface area (Å²) in [5, 5.41) is 0. The van der Waals surface area contributed by atoms with Crippen molar-refractivity contribution in [3.05, 3.63) is 70.5 Å². The van der Waals surface area contributed by atoms with Crippen molar-refractivity contribution in [3.8, 4) is 0 Å². The third-order valence-corrected chi connectivity index (χ3v) is 4.91. The Labute approximate surface area is 139 Å². The molecule has 0 bridgehead atoms. The number of hydrogen-bond donors (Lipinski definition) is 0. The van der Waals surface area contributed by atoms with Gasteiger partial charge >= 0.3 is 0 Å². The summed E-state index contributed by atoms with van der Waals surface area (Å²) in [4.78, 5) is 12.2. The van der Waals surface area contributed by atoms with Crippen LogP contribution in [0.15, 0.2) is 52.9 Å². The van der Waals surface area contributed by atoms with Crippen LogP contribution in [0.1, 0.15) is 30.0 Å². The molecule has 3 rings (SSSR count). The first-order valence-corrected chi connectivity index (χ1v) is 8.66. The summed E-state index contributed by atoms with van der Waals surface area (Å²) in [6.45, 7) is 2.00. The first-order valence-electron chi connectivity index (χ1n) is 7.44. The van der Waals surface area contributed by atoms with Gasteiger partial charge in [-0.2, -0.15) is 0 Å². The molecule has 0 fully saturated rings. The second-order valence-corrected chi connectivity index (χ2v) is 6.38. The van der Waals surface area contributed by atoms with E-state index >= 15 is 0 Å². The highest BCUT2D eigenvalue weighted by molar-refractivity contribution is 7.98. The smallest absolute Gasteiger partial charge is 0.124 e. The van der Waals surface area contributed by atoms with Gasteiger partial charge < -0.3 is 4.79 Å². The van der Waals surface area contributed by atoms with Crippen molar-refractivity contribution in [2.45, 2.75) is 18.2 Å². The zero-order chi connectivity index (χ0) is 16.4. The van der Waals surface area contributed by atoms with E-state index in [0.29, 0.717) is 6.42 Å². The van der Waals surface area contributed by atoms with Gasteiger partial charge in [0.2, 0.25) is 0 Å². The molecule has 3 heteroatoms. The first kappa shape index (κ1) is 15.8. The number of carbonyl (C=O) groups is 1. The number of halogens is 1. The Kier molecular flexibility index (Phi) is 4.49. The molecular formula is C20H17FOS. The van der Waals surface area contributed by atoms with Crippen LogP contribution < -0.4 is 0 Å². The molecule has 116 valence electrons. The summed E-state index contributed by atoms with van der Waals surface area (Å²) in [6.07, 6.45) is 5.34. The number of rotatable bonds is 4. The third-order valence-electron chi connectivity index (χ3n) is 4.17. The quantitative estimate of drug-likeness (QED) is 0.548. The summed E-state index contributed by atoms with van der Waals surface area (Å²) in [7, 11) is 0. The van der Waals surface area contributed by atoms with Crippen molar-refractivity contribution in [1.82, 2.24) is 0 Å². The zero-order valence-corrected chi connectivity index (χ0v) is 13.9. The molecular weight excluding hydrogens is 307 g/mol. The van der Waals surface area contributed by atoms with Crippen molar-refractivity contribution in [2.75, 3.05) is 6.26 Å². The SMILES string of the molecule is CSc1ccc(/C=C2/C(C)=C(CC=O)c3cc(F)ccc32)cc1. The minimum absolute atomic E-state index is 0.273. The van der Waals surface area contributed by atoms with Crippen molar-refractivity contribution in [3.63, 3.8) is 0 Å². The molecule has 0 spiro atoms. The Bertz CT molecular complexity index is 816. The van der Waals surface area contributed by atoms with E-state index in [1.165, 1.54) is 17.0 Å². The van der Waals surface area contributed by atoms with E-state index in [2.05, 4.69) is 30.3 Å². The van der Waals surface area contributed by atoms with E-state index in [1.54, 1.807) is 17.8 Å².